The lowest BCUT2D eigenvalue weighted by molar-refractivity contribution is 0.156. The van der Waals surface area contributed by atoms with E-state index in [-0.39, 0.29) is 12.0 Å². The number of aromatic nitrogens is 1. The van der Waals surface area contributed by atoms with Crippen LogP contribution in [-0.4, -0.2) is 31.5 Å². The van der Waals surface area contributed by atoms with Crippen molar-refractivity contribution in [3.05, 3.63) is 23.4 Å². The van der Waals surface area contributed by atoms with Gasteiger partial charge in [-0.1, -0.05) is 27.7 Å². The molecular formula is C16H27F2N3. The van der Waals surface area contributed by atoms with Gasteiger partial charge in [-0.25, -0.2) is 13.8 Å². The number of halogens is 2. The van der Waals surface area contributed by atoms with Gasteiger partial charge in [0.1, 0.15) is 5.82 Å². The van der Waals surface area contributed by atoms with Crippen LogP contribution in [0.4, 0.5) is 14.6 Å². The Morgan fingerprint density at radius 1 is 1.29 bits per heavy atom. The van der Waals surface area contributed by atoms with Crippen molar-refractivity contribution >= 4 is 5.82 Å². The zero-order chi connectivity index (χ0) is 16.0. The molecule has 0 aromatic carbocycles. The van der Waals surface area contributed by atoms with Crippen LogP contribution in [0.2, 0.25) is 0 Å². The number of nitrogens with zero attached hydrogens (tertiary/aromatic N) is 2. The summed E-state index contributed by atoms with van der Waals surface area (Å²) in [6.45, 7) is 9.72. The van der Waals surface area contributed by atoms with E-state index in [1.165, 1.54) is 4.90 Å². The van der Waals surface area contributed by atoms with Crippen LogP contribution in [0.1, 0.15) is 45.4 Å². The molecule has 1 N–H and O–H groups in total. The highest BCUT2D eigenvalue weighted by Crippen LogP contribution is 2.24. The lowest BCUT2D eigenvalue weighted by atomic mass is 9.90. The molecule has 0 unspecified atom stereocenters. The molecular weight excluding hydrogens is 272 g/mol. The molecule has 1 heterocycles. The second-order valence-corrected chi connectivity index (χ2v) is 6.42. The summed E-state index contributed by atoms with van der Waals surface area (Å²) < 4.78 is 25.1. The van der Waals surface area contributed by atoms with Gasteiger partial charge in [0.15, 0.2) is 0 Å². The van der Waals surface area contributed by atoms with Crippen LogP contribution in [0.5, 0.6) is 0 Å². The van der Waals surface area contributed by atoms with Crippen molar-refractivity contribution < 1.29 is 8.78 Å². The Morgan fingerprint density at radius 2 is 1.95 bits per heavy atom. The summed E-state index contributed by atoms with van der Waals surface area (Å²) in [6, 6.07) is 3.95. The van der Waals surface area contributed by atoms with Crippen molar-refractivity contribution in [3.63, 3.8) is 0 Å². The lowest BCUT2D eigenvalue weighted by Gasteiger charge is -2.24. The van der Waals surface area contributed by atoms with E-state index >= 15 is 0 Å². The first-order chi connectivity index (χ1) is 9.74. The first kappa shape index (κ1) is 17.8. The molecule has 21 heavy (non-hydrogen) atoms. The molecule has 0 spiro atoms. The summed E-state index contributed by atoms with van der Waals surface area (Å²) in [5, 5.41) is 3.34. The summed E-state index contributed by atoms with van der Waals surface area (Å²) in [5.74, 6) is 0.607. The summed E-state index contributed by atoms with van der Waals surface area (Å²) >= 11 is 0. The van der Waals surface area contributed by atoms with E-state index in [9.17, 15) is 8.78 Å². The smallest absolute Gasteiger partial charge is 0.255 e. The Balaban J connectivity index is 3.03. The summed E-state index contributed by atoms with van der Waals surface area (Å²) in [7, 11) is 1.66. The summed E-state index contributed by atoms with van der Waals surface area (Å²) in [6.07, 6.45) is -1.30. The second-order valence-electron chi connectivity index (χ2n) is 6.42. The Bertz CT molecular complexity index is 442. The average Bonchev–Trinajstić information content (AvgIpc) is 2.37. The van der Waals surface area contributed by atoms with Crippen LogP contribution >= 0.6 is 0 Å². The highest BCUT2D eigenvalue weighted by molar-refractivity contribution is 5.43. The maximum atomic E-state index is 12.6. The lowest BCUT2D eigenvalue weighted by Crippen LogP contribution is -2.27. The molecule has 0 aliphatic rings. The average molecular weight is 299 g/mol. The van der Waals surface area contributed by atoms with Gasteiger partial charge in [-0.3, -0.25) is 0 Å². The van der Waals surface area contributed by atoms with E-state index < -0.39 is 6.43 Å². The number of alkyl halides is 2. The van der Waals surface area contributed by atoms with Gasteiger partial charge >= 0.3 is 0 Å². The van der Waals surface area contributed by atoms with Crippen LogP contribution in [0.25, 0.3) is 0 Å². The van der Waals surface area contributed by atoms with Crippen LogP contribution in [0.3, 0.4) is 0 Å². The highest BCUT2D eigenvalue weighted by Gasteiger charge is 2.19. The maximum Gasteiger partial charge on any atom is 0.255 e. The number of hydrogen-bond acceptors (Lipinski definition) is 3. The minimum absolute atomic E-state index is 0.110. The van der Waals surface area contributed by atoms with E-state index in [2.05, 4.69) is 44.1 Å². The third-order valence-electron chi connectivity index (χ3n) is 3.20. The first-order valence-corrected chi connectivity index (χ1v) is 7.45. The molecule has 5 heteroatoms. The highest BCUT2D eigenvalue weighted by atomic mass is 19.3. The van der Waals surface area contributed by atoms with Gasteiger partial charge < -0.3 is 10.2 Å². The van der Waals surface area contributed by atoms with Gasteiger partial charge in [0.05, 0.1) is 6.54 Å². The molecule has 0 aliphatic carbocycles. The topological polar surface area (TPSA) is 28.2 Å². The minimum Gasteiger partial charge on any atom is -0.354 e. The van der Waals surface area contributed by atoms with Crippen molar-refractivity contribution in [1.29, 1.82) is 0 Å². The van der Waals surface area contributed by atoms with E-state index in [0.717, 1.165) is 30.8 Å². The fraction of sp³-hybridized carbons (Fsp3) is 0.688. The number of rotatable bonds is 7. The molecule has 0 saturated heterocycles. The standard InChI is InChI=1S/C16H27F2N3/c1-6-7-19-10-12-8-13(16(2,3)4)20-15(9-12)21(5)11-14(17)18/h8-9,14,19H,6-7,10-11H2,1-5H3. The van der Waals surface area contributed by atoms with Crippen LogP contribution in [0, 0.1) is 0 Å². The molecule has 120 valence electrons. The van der Waals surface area contributed by atoms with E-state index in [4.69, 9.17) is 0 Å². The quantitative estimate of drug-likeness (QED) is 0.780. The van der Waals surface area contributed by atoms with Gasteiger partial charge in [0.25, 0.3) is 6.43 Å². The van der Waals surface area contributed by atoms with Crippen molar-refractivity contribution in [2.24, 2.45) is 0 Å². The van der Waals surface area contributed by atoms with Crippen LogP contribution in [-0.2, 0) is 12.0 Å². The zero-order valence-electron chi connectivity index (χ0n) is 13.7. The van der Waals surface area contributed by atoms with E-state index in [0.29, 0.717) is 5.82 Å². The summed E-state index contributed by atoms with van der Waals surface area (Å²) in [5.41, 5.74) is 1.90. The Kier molecular flexibility index (Phi) is 6.52. The summed E-state index contributed by atoms with van der Waals surface area (Å²) in [4.78, 5) is 6.07. The molecule has 3 nitrogen and oxygen atoms in total. The fourth-order valence-electron chi connectivity index (χ4n) is 1.96. The maximum absolute atomic E-state index is 12.6. The minimum atomic E-state index is -2.36. The Labute approximate surface area is 126 Å². The van der Waals surface area contributed by atoms with Crippen LogP contribution in [0.15, 0.2) is 12.1 Å². The van der Waals surface area contributed by atoms with Gasteiger partial charge in [-0.05, 0) is 30.7 Å². The third-order valence-corrected chi connectivity index (χ3v) is 3.20. The monoisotopic (exact) mass is 299 g/mol. The Morgan fingerprint density at radius 3 is 2.48 bits per heavy atom. The fourth-order valence-corrected chi connectivity index (χ4v) is 1.96. The predicted molar refractivity (Wildman–Crippen MR) is 84.2 cm³/mol. The van der Waals surface area contributed by atoms with Crippen molar-refractivity contribution in [1.82, 2.24) is 10.3 Å². The van der Waals surface area contributed by atoms with Crippen molar-refractivity contribution in [2.45, 2.75) is 52.5 Å². The molecule has 0 amide bonds. The Hall–Kier alpha value is -1.23. The molecule has 0 aliphatic heterocycles. The first-order valence-electron chi connectivity index (χ1n) is 7.45. The molecule has 0 saturated carbocycles. The number of nitrogens with one attached hydrogen (secondary N) is 1. The SMILES string of the molecule is CCCNCc1cc(N(C)CC(F)F)nc(C(C)(C)C)c1. The molecule has 0 bridgehead atoms. The largest absolute Gasteiger partial charge is 0.354 e. The number of pyridine rings is 1. The van der Waals surface area contributed by atoms with Gasteiger partial charge in [0, 0.05) is 24.7 Å². The molecule has 0 atom stereocenters. The van der Waals surface area contributed by atoms with Gasteiger partial charge in [-0.15, -0.1) is 0 Å². The number of anilines is 1. The molecule has 1 aromatic heterocycles. The number of hydrogen-bond donors (Lipinski definition) is 1. The van der Waals surface area contributed by atoms with E-state index in [1.54, 1.807) is 7.05 Å². The molecule has 1 rings (SSSR count). The molecule has 0 radical (unpaired) electrons. The van der Waals surface area contributed by atoms with Crippen molar-refractivity contribution in [3.8, 4) is 0 Å². The normalized spacial score (nSPS) is 12.0. The third kappa shape index (κ3) is 5.96. The predicted octanol–water partition coefficient (Wildman–Crippen LogP) is 3.58. The van der Waals surface area contributed by atoms with E-state index in [1.807, 2.05) is 6.07 Å². The van der Waals surface area contributed by atoms with Crippen molar-refractivity contribution in [2.75, 3.05) is 25.0 Å². The molecule has 1 aromatic rings. The van der Waals surface area contributed by atoms with Gasteiger partial charge in [0.2, 0.25) is 0 Å². The molecule has 0 fully saturated rings. The zero-order valence-corrected chi connectivity index (χ0v) is 13.7. The second kappa shape index (κ2) is 7.69. The van der Waals surface area contributed by atoms with Gasteiger partial charge in [-0.2, -0.15) is 0 Å². The van der Waals surface area contributed by atoms with Crippen LogP contribution < -0.4 is 10.2 Å².